The Bertz CT molecular complexity index is 640. The summed E-state index contributed by atoms with van der Waals surface area (Å²) in [5, 5.41) is 11.3. The van der Waals surface area contributed by atoms with Crippen LogP contribution in [-0.2, 0) is 19.1 Å². The van der Waals surface area contributed by atoms with Crippen molar-refractivity contribution in [2.75, 3.05) is 19.7 Å². The maximum Gasteiger partial charge on any atom is 0.312 e. The topological polar surface area (TPSA) is 152 Å². The van der Waals surface area contributed by atoms with Crippen molar-refractivity contribution in [2.24, 2.45) is 17.1 Å². The number of esters is 1. The van der Waals surface area contributed by atoms with Gasteiger partial charge in [-0.05, 0) is 60.3 Å². The Morgan fingerprint density at radius 3 is 1.78 bits per heavy atom. The van der Waals surface area contributed by atoms with Gasteiger partial charge >= 0.3 is 12.0 Å². The van der Waals surface area contributed by atoms with Gasteiger partial charge in [0.15, 0.2) is 0 Å². The van der Waals surface area contributed by atoms with Crippen molar-refractivity contribution in [3.05, 3.63) is 0 Å². The van der Waals surface area contributed by atoms with E-state index in [0.717, 1.165) is 0 Å². The Hall–Kier alpha value is -2.36. The van der Waals surface area contributed by atoms with Gasteiger partial charge in [0.2, 0.25) is 11.8 Å². The fourth-order valence-corrected chi connectivity index (χ4v) is 2.71. The molecule has 0 aliphatic carbocycles. The molecule has 0 saturated heterocycles. The van der Waals surface area contributed by atoms with E-state index in [1.54, 1.807) is 20.8 Å². The Labute approximate surface area is 219 Å². The van der Waals surface area contributed by atoms with Crippen molar-refractivity contribution < 1.29 is 23.9 Å². The van der Waals surface area contributed by atoms with Gasteiger partial charge in [-0.25, -0.2) is 4.79 Å². The van der Waals surface area contributed by atoms with Gasteiger partial charge in [-0.15, -0.1) is 0 Å². The van der Waals surface area contributed by atoms with Gasteiger partial charge in [-0.1, -0.05) is 41.5 Å². The maximum atomic E-state index is 12.9. The summed E-state index contributed by atoms with van der Waals surface area (Å²) < 4.78 is 5.15. The number of nitrogens with one attached hydrogen (secondary N) is 4. The first kappa shape index (κ1) is 38.2. The summed E-state index contributed by atoms with van der Waals surface area (Å²) in [6.07, 6.45) is 0.749. The van der Waals surface area contributed by atoms with E-state index in [2.05, 4.69) is 21.3 Å². The molecule has 0 aromatic heterocycles. The molecule has 0 aromatic carbocycles. The van der Waals surface area contributed by atoms with Gasteiger partial charge in [0.1, 0.15) is 12.6 Å². The SMILES string of the molecule is CC.CC.CC(C)C(NC(C)(C)C)C(=O)NC(CCCNC(N)=O)C(=O)NCCOC(=O)C(C)(C)C. The first-order chi connectivity index (χ1) is 16.5. The van der Waals surface area contributed by atoms with E-state index in [-0.39, 0.29) is 48.9 Å². The van der Waals surface area contributed by atoms with E-state index < -0.39 is 23.5 Å². The van der Waals surface area contributed by atoms with Crippen LogP contribution in [0.15, 0.2) is 0 Å². The molecule has 10 nitrogen and oxygen atoms in total. The zero-order valence-corrected chi connectivity index (χ0v) is 24.9. The molecule has 0 heterocycles. The molecule has 0 saturated carbocycles. The van der Waals surface area contributed by atoms with Gasteiger partial charge < -0.3 is 31.7 Å². The molecular weight excluding hydrogens is 462 g/mol. The van der Waals surface area contributed by atoms with Crippen LogP contribution in [0.4, 0.5) is 4.79 Å². The quantitative estimate of drug-likeness (QED) is 0.198. The van der Waals surface area contributed by atoms with Gasteiger partial charge in [0.25, 0.3) is 0 Å². The van der Waals surface area contributed by atoms with E-state index >= 15 is 0 Å². The van der Waals surface area contributed by atoms with Crippen LogP contribution in [0.1, 0.15) is 95.9 Å². The molecule has 0 aliphatic rings. The fourth-order valence-electron chi connectivity index (χ4n) is 2.71. The monoisotopic (exact) mass is 517 g/mol. The molecule has 0 aromatic rings. The third kappa shape index (κ3) is 19.9. The number of ether oxygens (including phenoxy) is 1. The predicted octanol–water partition coefficient (Wildman–Crippen LogP) is 3.09. The number of carbonyl (C=O) groups excluding carboxylic acids is 4. The lowest BCUT2D eigenvalue weighted by atomic mass is 9.97. The first-order valence-electron chi connectivity index (χ1n) is 13.1. The molecule has 0 radical (unpaired) electrons. The average molecular weight is 518 g/mol. The average Bonchev–Trinajstić information content (AvgIpc) is 2.77. The minimum absolute atomic E-state index is 0.00581. The minimum atomic E-state index is -0.807. The molecule has 0 spiro atoms. The fraction of sp³-hybridized carbons (Fsp3) is 0.846. The summed E-state index contributed by atoms with van der Waals surface area (Å²) in [7, 11) is 0. The van der Waals surface area contributed by atoms with Crippen LogP contribution in [0.25, 0.3) is 0 Å². The molecule has 4 amide bonds. The van der Waals surface area contributed by atoms with Crippen LogP contribution in [0, 0.1) is 11.3 Å². The number of hydrogen-bond acceptors (Lipinski definition) is 6. The summed E-state index contributed by atoms with van der Waals surface area (Å²) in [5.74, 6) is -1.02. The summed E-state index contributed by atoms with van der Waals surface area (Å²) in [4.78, 5) is 48.4. The summed E-state index contributed by atoms with van der Waals surface area (Å²) in [6, 6.07) is -1.94. The number of urea groups is 1. The van der Waals surface area contributed by atoms with Crippen molar-refractivity contribution >= 4 is 23.8 Å². The van der Waals surface area contributed by atoms with Crippen LogP contribution in [-0.4, -0.2) is 61.1 Å². The van der Waals surface area contributed by atoms with E-state index in [1.807, 2.05) is 62.3 Å². The normalized spacial score (nSPS) is 12.6. The van der Waals surface area contributed by atoms with Crippen LogP contribution in [0.5, 0.6) is 0 Å². The van der Waals surface area contributed by atoms with Crippen LogP contribution < -0.4 is 27.0 Å². The molecule has 0 bridgehead atoms. The molecule has 2 atom stereocenters. The maximum absolute atomic E-state index is 12.9. The molecule has 214 valence electrons. The van der Waals surface area contributed by atoms with E-state index in [9.17, 15) is 19.2 Å². The minimum Gasteiger partial charge on any atom is -0.463 e. The molecular formula is C26H55N5O5. The second-order valence-electron chi connectivity index (χ2n) is 10.3. The number of nitrogens with two attached hydrogens (primary N) is 1. The predicted molar refractivity (Wildman–Crippen MR) is 146 cm³/mol. The van der Waals surface area contributed by atoms with E-state index in [0.29, 0.717) is 12.8 Å². The second-order valence-corrected chi connectivity index (χ2v) is 10.3. The molecule has 36 heavy (non-hydrogen) atoms. The lowest BCUT2D eigenvalue weighted by Crippen LogP contribution is -2.58. The molecule has 0 fully saturated rings. The number of rotatable bonds is 12. The molecule has 6 N–H and O–H groups in total. The van der Waals surface area contributed by atoms with Crippen molar-refractivity contribution in [1.29, 1.82) is 0 Å². The second kappa shape index (κ2) is 19.8. The lowest BCUT2D eigenvalue weighted by molar-refractivity contribution is -0.153. The highest BCUT2D eigenvalue weighted by atomic mass is 16.5. The highest BCUT2D eigenvalue weighted by molar-refractivity contribution is 5.90. The van der Waals surface area contributed by atoms with Crippen LogP contribution in [0.3, 0.4) is 0 Å². The van der Waals surface area contributed by atoms with Gasteiger partial charge in [0.05, 0.1) is 18.0 Å². The highest BCUT2D eigenvalue weighted by Gasteiger charge is 2.30. The Kier molecular flexibility index (Phi) is 21.0. The highest BCUT2D eigenvalue weighted by Crippen LogP contribution is 2.14. The largest absolute Gasteiger partial charge is 0.463 e. The molecule has 2 unspecified atom stereocenters. The Morgan fingerprint density at radius 1 is 0.833 bits per heavy atom. The summed E-state index contributed by atoms with van der Waals surface area (Å²) in [5.41, 5.74) is 4.16. The Morgan fingerprint density at radius 2 is 1.36 bits per heavy atom. The molecule has 10 heteroatoms. The van der Waals surface area contributed by atoms with Crippen molar-refractivity contribution in [2.45, 2.75) is 114 Å². The number of hydrogen-bond donors (Lipinski definition) is 5. The summed E-state index contributed by atoms with van der Waals surface area (Å²) >= 11 is 0. The first-order valence-corrected chi connectivity index (χ1v) is 13.1. The molecule has 0 aliphatic heterocycles. The van der Waals surface area contributed by atoms with E-state index in [4.69, 9.17) is 10.5 Å². The number of primary amides is 1. The third-order valence-electron chi connectivity index (χ3n) is 4.39. The zero-order chi connectivity index (χ0) is 29.1. The summed E-state index contributed by atoms with van der Waals surface area (Å²) in [6.45, 7) is 23.4. The van der Waals surface area contributed by atoms with Crippen molar-refractivity contribution in [1.82, 2.24) is 21.3 Å². The van der Waals surface area contributed by atoms with Crippen LogP contribution >= 0.6 is 0 Å². The number of amides is 4. The zero-order valence-electron chi connectivity index (χ0n) is 24.9. The lowest BCUT2D eigenvalue weighted by Gasteiger charge is -2.31. The Balaban J connectivity index is -0.00000258. The van der Waals surface area contributed by atoms with Crippen molar-refractivity contribution in [3.63, 3.8) is 0 Å². The third-order valence-corrected chi connectivity index (χ3v) is 4.39. The van der Waals surface area contributed by atoms with Crippen LogP contribution in [0.2, 0.25) is 0 Å². The standard InChI is InChI=1S/C22H43N5O5.2C2H6/c1-14(2)16(27-22(6,7)8)18(29)26-15(10-9-11-25-20(23)31)17(28)24-12-13-32-19(30)21(3,4)5;2*1-2/h14-16,27H,9-13H2,1-8H3,(H,24,28)(H,26,29)(H3,23,25,31);2*1-2H3. The van der Waals surface area contributed by atoms with Gasteiger partial charge in [-0.2, -0.15) is 0 Å². The van der Waals surface area contributed by atoms with Gasteiger partial charge in [0, 0.05) is 12.1 Å². The smallest absolute Gasteiger partial charge is 0.312 e. The van der Waals surface area contributed by atoms with E-state index in [1.165, 1.54) is 0 Å². The number of carbonyl (C=O) groups is 4. The van der Waals surface area contributed by atoms with Crippen molar-refractivity contribution in [3.8, 4) is 0 Å². The van der Waals surface area contributed by atoms with Gasteiger partial charge in [-0.3, -0.25) is 14.4 Å². The molecule has 0 rings (SSSR count).